The van der Waals surface area contributed by atoms with Crippen LogP contribution in [0.2, 0.25) is 0 Å². The largest absolute Gasteiger partial charge is 0.208 e. The van der Waals surface area contributed by atoms with Gasteiger partial charge in [0.05, 0.1) is 0 Å². The Hall–Kier alpha value is -8.48. The average molecular weight is 817 g/mol. The van der Waals surface area contributed by atoms with Gasteiger partial charge in [-0.15, -0.1) is 0 Å². The maximum Gasteiger partial charge on any atom is 0.164 e. The number of rotatable bonds is 6. The summed E-state index contributed by atoms with van der Waals surface area (Å²) in [5.41, 5.74) is 13.5. The zero-order valence-corrected chi connectivity index (χ0v) is 34.5. The Kier molecular flexibility index (Phi) is 8.24. The molecule has 14 rings (SSSR count). The predicted molar refractivity (Wildman–Crippen MR) is 256 cm³/mol. The molecule has 0 fully saturated rings. The monoisotopic (exact) mass is 816 g/mol. The molecule has 0 aliphatic heterocycles. The molecule has 2 unspecified atom stereocenters. The van der Waals surface area contributed by atoms with Crippen LogP contribution in [0.25, 0.3) is 89.9 Å². The lowest BCUT2D eigenvalue weighted by atomic mass is 9.61. The molecule has 2 bridgehead atoms. The molecule has 0 saturated carbocycles. The molecule has 0 saturated heterocycles. The lowest BCUT2D eigenvalue weighted by Crippen LogP contribution is -2.27. The summed E-state index contributed by atoms with van der Waals surface area (Å²) in [4.78, 5) is 30.7. The van der Waals surface area contributed by atoms with Crippen molar-refractivity contribution in [3.05, 3.63) is 240 Å². The molecule has 6 heteroatoms. The van der Waals surface area contributed by atoms with Gasteiger partial charge in [-0.05, 0) is 79.2 Å². The van der Waals surface area contributed by atoms with E-state index in [1.54, 1.807) is 0 Å². The minimum Gasteiger partial charge on any atom is -0.208 e. The standard InChI is InChI=1S/C58H36N6/c1-3-15-37(16-4-1)53-59-55(41-25-23-35-13-7-9-19-39(35)31-41)63-57(61-53)43-27-29-47-49(33-43)51-45-21-11-12-22-46(45)52(47)50-34-44(28-30-48(50)51)58-62-54(38-17-5-2-6-18-38)60-56(64-58)42-26-24-36-14-8-10-20-40(36)32-42/h1-34,51-52H. The topological polar surface area (TPSA) is 77.3 Å². The van der Waals surface area contributed by atoms with Gasteiger partial charge in [-0.2, -0.15) is 0 Å². The summed E-state index contributed by atoms with van der Waals surface area (Å²) in [5.74, 6) is 3.95. The van der Waals surface area contributed by atoms with E-state index in [0.29, 0.717) is 34.9 Å². The summed E-state index contributed by atoms with van der Waals surface area (Å²) in [7, 11) is 0. The molecule has 2 aromatic heterocycles. The fourth-order valence-electron chi connectivity index (χ4n) is 9.85. The zero-order chi connectivity index (χ0) is 42.1. The summed E-state index contributed by atoms with van der Waals surface area (Å²) >= 11 is 0. The van der Waals surface area contributed by atoms with Crippen molar-refractivity contribution in [1.82, 2.24) is 29.9 Å². The van der Waals surface area contributed by atoms with Gasteiger partial charge in [0, 0.05) is 45.2 Å². The Bertz CT molecular complexity index is 3400. The summed E-state index contributed by atoms with van der Waals surface area (Å²) in [6.45, 7) is 0. The molecule has 11 aromatic rings. The summed E-state index contributed by atoms with van der Waals surface area (Å²) in [5, 5.41) is 4.64. The summed E-state index contributed by atoms with van der Waals surface area (Å²) in [6.07, 6.45) is 0. The number of hydrogen-bond acceptors (Lipinski definition) is 6. The average Bonchev–Trinajstić information content (AvgIpc) is 3.38. The Labute approximate surface area is 369 Å². The molecule has 3 aliphatic carbocycles. The number of nitrogens with zero attached hydrogens (tertiary/aromatic N) is 6. The minimum atomic E-state index is 0.0296. The van der Waals surface area contributed by atoms with Crippen LogP contribution in [0.3, 0.4) is 0 Å². The molecule has 9 aromatic carbocycles. The molecule has 0 amide bonds. The van der Waals surface area contributed by atoms with Crippen LogP contribution in [0.4, 0.5) is 0 Å². The van der Waals surface area contributed by atoms with Crippen LogP contribution in [-0.4, -0.2) is 29.9 Å². The Morgan fingerprint density at radius 2 is 0.500 bits per heavy atom. The third kappa shape index (κ3) is 6.03. The van der Waals surface area contributed by atoms with Crippen LogP contribution in [0.15, 0.2) is 206 Å². The second-order valence-corrected chi connectivity index (χ2v) is 16.7. The van der Waals surface area contributed by atoms with Gasteiger partial charge in [0.1, 0.15) is 0 Å². The highest BCUT2D eigenvalue weighted by molar-refractivity contribution is 5.88. The number of benzene rings is 9. The van der Waals surface area contributed by atoms with Gasteiger partial charge in [-0.3, -0.25) is 0 Å². The van der Waals surface area contributed by atoms with Crippen LogP contribution in [0, 0.1) is 0 Å². The van der Waals surface area contributed by atoms with Crippen molar-refractivity contribution >= 4 is 21.5 Å². The molecule has 298 valence electrons. The van der Waals surface area contributed by atoms with Gasteiger partial charge in [-0.1, -0.05) is 182 Å². The molecule has 2 heterocycles. The van der Waals surface area contributed by atoms with Crippen molar-refractivity contribution in [3.63, 3.8) is 0 Å². The SMILES string of the molecule is c1ccc(-c2nc(-c3ccc4c(c3)C3c5ccccc5C4c4cc(-c5nc(-c6ccccc6)nc(-c6ccc7ccccc7c6)n5)ccc43)nc(-c3ccc4ccccc4c3)n2)cc1. The molecule has 64 heavy (non-hydrogen) atoms. The zero-order valence-electron chi connectivity index (χ0n) is 34.5. The van der Waals surface area contributed by atoms with Crippen molar-refractivity contribution in [2.24, 2.45) is 0 Å². The van der Waals surface area contributed by atoms with Gasteiger partial charge in [0.25, 0.3) is 0 Å². The van der Waals surface area contributed by atoms with Crippen molar-refractivity contribution in [2.75, 3.05) is 0 Å². The second-order valence-electron chi connectivity index (χ2n) is 16.7. The number of hydrogen-bond donors (Lipinski definition) is 0. The van der Waals surface area contributed by atoms with E-state index in [-0.39, 0.29) is 11.8 Å². The van der Waals surface area contributed by atoms with E-state index in [4.69, 9.17) is 29.9 Å². The normalized spacial score (nSPS) is 14.6. The van der Waals surface area contributed by atoms with Crippen LogP contribution in [0.1, 0.15) is 45.2 Å². The molecule has 6 nitrogen and oxygen atoms in total. The first kappa shape index (κ1) is 36.2. The van der Waals surface area contributed by atoms with Crippen molar-refractivity contribution < 1.29 is 0 Å². The highest BCUT2D eigenvalue weighted by Gasteiger charge is 2.41. The molecule has 3 aliphatic rings. The summed E-state index contributed by atoms with van der Waals surface area (Å²) < 4.78 is 0. The maximum absolute atomic E-state index is 5.18. The third-order valence-corrected chi connectivity index (χ3v) is 12.9. The van der Waals surface area contributed by atoms with Crippen LogP contribution < -0.4 is 0 Å². The Morgan fingerprint density at radius 3 is 0.906 bits per heavy atom. The fourth-order valence-corrected chi connectivity index (χ4v) is 9.85. The van der Waals surface area contributed by atoms with Crippen LogP contribution >= 0.6 is 0 Å². The lowest BCUT2D eigenvalue weighted by molar-refractivity contribution is 0.754. The lowest BCUT2D eigenvalue weighted by Gasteiger charge is -2.42. The van der Waals surface area contributed by atoms with Crippen LogP contribution in [-0.2, 0) is 0 Å². The first-order valence-corrected chi connectivity index (χ1v) is 21.7. The molecule has 2 atom stereocenters. The van der Waals surface area contributed by atoms with E-state index >= 15 is 0 Å². The fraction of sp³-hybridized carbons (Fsp3) is 0.0345. The third-order valence-electron chi connectivity index (χ3n) is 12.9. The van der Waals surface area contributed by atoms with Crippen molar-refractivity contribution in [3.8, 4) is 68.3 Å². The molecular formula is C58H36N6. The molecule has 0 N–H and O–H groups in total. The van der Waals surface area contributed by atoms with E-state index in [2.05, 4.69) is 170 Å². The predicted octanol–water partition coefficient (Wildman–Crippen LogP) is 13.4. The first-order valence-electron chi connectivity index (χ1n) is 21.7. The Balaban J connectivity index is 0.938. The van der Waals surface area contributed by atoms with Gasteiger partial charge in [0.15, 0.2) is 34.9 Å². The van der Waals surface area contributed by atoms with Crippen LogP contribution in [0.5, 0.6) is 0 Å². The smallest absolute Gasteiger partial charge is 0.164 e. The highest BCUT2D eigenvalue weighted by Crippen LogP contribution is 2.56. The van der Waals surface area contributed by atoms with Gasteiger partial charge in [0.2, 0.25) is 0 Å². The van der Waals surface area contributed by atoms with Gasteiger partial charge in [-0.25, -0.2) is 29.9 Å². The molecule has 0 spiro atoms. The number of aromatic nitrogens is 6. The van der Waals surface area contributed by atoms with E-state index in [1.165, 1.54) is 44.2 Å². The Morgan fingerprint density at radius 1 is 0.203 bits per heavy atom. The molecular weight excluding hydrogens is 781 g/mol. The van der Waals surface area contributed by atoms with Gasteiger partial charge < -0.3 is 0 Å². The molecule has 0 radical (unpaired) electrons. The maximum atomic E-state index is 5.18. The highest BCUT2D eigenvalue weighted by atomic mass is 15.0. The van der Waals surface area contributed by atoms with E-state index in [9.17, 15) is 0 Å². The van der Waals surface area contributed by atoms with E-state index in [1.807, 2.05) is 36.4 Å². The summed E-state index contributed by atoms with van der Waals surface area (Å²) in [6, 6.07) is 72.5. The second kappa shape index (κ2) is 14.6. The van der Waals surface area contributed by atoms with Crippen molar-refractivity contribution in [2.45, 2.75) is 11.8 Å². The van der Waals surface area contributed by atoms with Gasteiger partial charge >= 0.3 is 0 Å². The number of fused-ring (bicyclic) bond motifs is 2. The quantitative estimate of drug-likeness (QED) is 0.166. The minimum absolute atomic E-state index is 0.0296. The van der Waals surface area contributed by atoms with E-state index < -0.39 is 0 Å². The first-order chi connectivity index (χ1) is 31.7. The van der Waals surface area contributed by atoms with E-state index in [0.717, 1.165) is 44.2 Å². The van der Waals surface area contributed by atoms with Crippen molar-refractivity contribution in [1.29, 1.82) is 0 Å².